The molecule has 2 nitrogen and oxygen atoms in total. The Morgan fingerprint density at radius 1 is 0.463 bits per heavy atom. The lowest BCUT2D eigenvalue weighted by Gasteiger charge is -2.27. The molecule has 276 valence electrons. The van der Waals surface area contributed by atoms with Crippen molar-refractivity contribution in [3.05, 3.63) is 137 Å². The number of fused-ring (bicyclic) bond motifs is 6. The van der Waals surface area contributed by atoms with Gasteiger partial charge in [-0.25, -0.2) is 0 Å². The van der Waals surface area contributed by atoms with Gasteiger partial charge in [0.05, 0.1) is 22.1 Å². The van der Waals surface area contributed by atoms with Crippen molar-refractivity contribution < 1.29 is 0 Å². The van der Waals surface area contributed by atoms with Crippen LogP contribution < -0.4 is 0 Å². The molecule has 0 unspecified atom stereocenters. The second kappa shape index (κ2) is 12.4. The Hall–Kier alpha value is -4.82. The Labute approximate surface area is 323 Å². The van der Waals surface area contributed by atoms with Crippen LogP contribution >= 0.6 is 0 Å². The highest BCUT2D eigenvalue weighted by Crippen LogP contribution is 2.44. The number of hydrogen-bond acceptors (Lipinski definition) is 0. The molecule has 1 aliphatic rings. The summed E-state index contributed by atoms with van der Waals surface area (Å²) >= 11 is 0. The number of para-hydroxylation sites is 2. The largest absolute Gasteiger partial charge is 0.309 e. The normalized spacial score (nSPS) is 14.7. The van der Waals surface area contributed by atoms with Crippen LogP contribution in [0.5, 0.6) is 0 Å². The number of benzene rings is 5. The third-order valence-corrected chi connectivity index (χ3v) is 11.7. The molecular weight excluding hydrogens is 653 g/mol. The molecule has 0 radical (unpaired) electrons. The standard InChI is InChI=1S/C52H58N2/c1-49(2,3)35-29-41-39-23-13-15-25-45(39)53(47(41)43(31-35)51(7,8)9)37-21-17-19-33(27-37)34-20-18-22-38(28-34)54-46-26-16-14-24-40(46)42-30-36(50(4,5)6)32-44(48(42)54)52(10,11)12/h13-17,19,21-32H,18,20H2,1-12H3. The molecule has 8 rings (SSSR count). The predicted octanol–water partition coefficient (Wildman–Crippen LogP) is 14.8. The van der Waals surface area contributed by atoms with Gasteiger partial charge in [-0.15, -0.1) is 0 Å². The van der Waals surface area contributed by atoms with Gasteiger partial charge in [-0.3, -0.25) is 0 Å². The van der Waals surface area contributed by atoms with Crippen LogP contribution in [-0.2, 0) is 21.7 Å². The monoisotopic (exact) mass is 710 g/mol. The summed E-state index contributed by atoms with van der Waals surface area (Å²) in [5.74, 6) is 0. The van der Waals surface area contributed by atoms with Gasteiger partial charge >= 0.3 is 0 Å². The topological polar surface area (TPSA) is 9.86 Å². The van der Waals surface area contributed by atoms with Gasteiger partial charge in [-0.1, -0.05) is 150 Å². The Morgan fingerprint density at radius 3 is 1.48 bits per heavy atom. The Bertz CT molecular complexity index is 2670. The molecule has 0 fully saturated rings. The van der Waals surface area contributed by atoms with Gasteiger partial charge in [0.25, 0.3) is 0 Å². The van der Waals surface area contributed by atoms with Crippen molar-refractivity contribution in [3.8, 4) is 5.69 Å². The molecule has 7 aromatic rings. The van der Waals surface area contributed by atoms with Crippen LogP contribution in [-0.4, -0.2) is 9.13 Å². The first-order chi connectivity index (χ1) is 25.3. The highest BCUT2D eigenvalue weighted by atomic mass is 15.0. The minimum atomic E-state index is -0.0310. The van der Waals surface area contributed by atoms with E-state index in [0.29, 0.717) is 0 Å². The van der Waals surface area contributed by atoms with Gasteiger partial charge < -0.3 is 9.13 Å². The quantitative estimate of drug-likeness (QED) is 0.173. The molecule has 0 atom stereocenters. The summed E-state index contributed by atoms with van der Waals surface area (Å²) < 4.78 is 5.10. The molecule has 1 aliphatic carbocycles. The smallest absolute Gasteiger partial charge is 0.0578 e. The summed E-state index contributed by atoms with van der Waals surface area (Å²) in [5.41, 5.74) is 16.0. The zero-order valence-corrected chi connectivity index (χ0v) is 34.7. The molecule has 0 aliphatic heterocycles. The first kappa shape index (κ1) is 36.2. The van der Waals surface area contributed by atoms with Gasteiger partial charge in [0, 0.05) is 32.9 Å². The maximum absolute atomic E-state index is 2.57. The van der Waals surface area contributed by atoms with Crippen molar-refractivity contribution >= 4 is 54.9 Å². The summed E-state index contributed by atoms with van der Waals surface area (Å²) in [5, 5.41) is 5.32. The molecular formula is C52H58N2. The highest BCUT2D eigenvalue weighted by molar-refractivity contribution is 6.13. The summed E-state index contributed by atoms with van der Waals surface area (Å²) in [6.45, 7) is 28.1. The molecule has 2 aromatic heterocycles. The molecule has 0 saturated heterocycles. The van der Waals surface area contributed by atoms with Crippen LogP contribution in [0, 0.1) is 0 Å². The fourth-order valence-electron chi connectivity index (χ4n) is 8.65. The lowest BCUT2D eigenvalue weighted by atomic mass is 9.79. The lowest BCUT2D eigenvalue weighted by molar-refractivity contribution is 0.571. The highest BCUT2D eigenvalue weighted by Gasteiger charge is 2.29. The summed E-state index contributed by atoms with van der Waals surface area (Å²) in [7, 11) is 0. The lowest BCUT2D eigenvalue weighted by Crippen LogP contribution is -2.18. The van der Waals surface area contributed by atoms with E-state index in [2.05, 4.69) is 201 Å². The van der Waals surface area contributed by atoms with Gasteiger partial charge in [-0.2, -0.15) is 0 Å². The van der Waals surface area contributed by atoms with Gasteiger partial charge in [0.15, 0.2) is 0 Å². The number of hydrogen-bond donors (Lipinski definition) is 0. The van der Waals surface area contributed by atoms with Crippen molar-refractivity contribution in [1.29, 1.82) is 0 Å². The van der Waals surface area contributed by atoms with Gasteiger partial charge in [0.1, 0.15) is 0 Å². The number of nitrogens with zero attached hydrogens (tertiary/aromatic N) is 2. The van der Waals surface area contributed by atoms with Crippen molar-refractivity contribution in [3.63, 3.8) is 0 Å². The molecule has 0 spiro atoms. The predicted molar refractivity (Wildman–Crippen MR) is 237 cm³/mol. The van der Waals surface area contributed by atoms with Gasteiger partial charge in [-0.05, 0) is 110 Å². The molecule has 2 heterocycles. The van der Waals surface area contributed by atoms with E-state index in [1.54, 1.807) is 0 Å². The zero-order chi connectivity index (χ0) is 38.5. The van der Waals surface area contributed by atoms with Gasteiger partial charge in [0.2, 0.25) is 0 Å². The minimum absolute atomic E-state index is 0.0242. The Morgan fingerprint density at radius 2 is 0.963 bits per heavy atom. The number of aromatic nitrogens is 2. The average Bonchev–Trinajstić information content (AvgIpc) is 3.62. The molecule has 54 heavy (non-hydrogen) atoms. The summed E-state index contributed by atoms with van der Waals surface area (Å²) in [6.07, 6.45) is 6.95. The summed E-state index contributed by atoms with van der Waals surface area (Å²) in [4.78, 5) is 0. The summed E-state index contributed by atoms with van der Waals surface area (Å²) in [6, 6.07) is 37.2. The third kappa shape index (κ3) is 6.03. The zero-order valence-electron chi connectivity index (χ0n) is 34.7. The second-order valence-corrected chi connectivity index (χ2v) is 19.9. The fraction of sp³-hybridized carbons (Fsp3) is 0.346. The molecule has 0 N–H and O–H groups in total. The maximum Gasteiger partial charge on any atom is 0.0578 e. The minimum Gasteiger partial charge on any atom is -0.309 e. The number of rotatable bonds is 3. The van der Waals surface area contributed by atoms with E-state index in [9.17, 15) is 0 Å². The molecule has 0 amide bonds. The fourth-order valence-corrected chi connectivity index (χ4v) is 8.65. The van der Waals surface area contributed by atoms with Crippen molar-refractivity contribution in [2.24, 2.45) is 0 Å². The van der Waals surface area contributed by atoms with E-state index in [-0.39, 0.29) is 21.7 Å². The Kier molecular flexibility index (Phi) is 8.27. The van der Waals surface area contributed by atoms with Crippen LogP contribution in [0.1, 0.15) is 124 Å². The van der Waals surface area contributed by atoms with E-state index in [0.717, 1.165) is 12.8 Å². The van der Waals surface area contributed by atoms with E-state index in [1.165, 1.54) is 88.4 Å². The molecule has 0 bridgehead atoms. The molecule has 5 aromatic carbocycles. The van der Waals surface area contributed by atoms with Crippen LogP contribution in [0.25, 0.3) is 60.6 Å². The van der Waals surface area contributed by atoms with E-state index < -0.39 is 0 Å². The van der Waals surface area contributed by atoms with Crippen molar-refractivity contribution in [2.45, 2.75) is 118 Å². The van der Waals surface area contributed by atoms with Crippen LogP contribution in [0.4, 0.5) is 0 Å². The maximum atomic E-state index is 2.57. The first-order valence-corrected chi connectivity index (χ1v) is 20.0. The second-order valence-electron chi connectivity index (χ2n) is 19.9. The van der Waals surface area contributed by atoms with Crippen LogP contribution in [0.3, 0.4) is 0 Å². The third-order valence-electron chi connectivity index (χ3n) is 11.7. The van der Waals surface area contributed by atoms with Crippen molar-refractivity contribution in [2.75, 3.05) is 0 Å². The first-order valence-electron chi connectivity index (χ1n) is 20.0. The van der Waals surface area contributed by atoms with E-state index in [4.69, 9.17) is 0 Å². The van der Waals surface area contributed by atoms with Crippen molar-refractivity contribution in [1.82, 2.24) is 9.13 Å². The van der Waals surface area contributed by atoms with E-state index >= 15 is 0 Å². The Balaban J connectivity index is 1.34. The SMILES string of the molecule is CC(C)(C)c1cc(C(C)(C)C)c2c(c1)c1ccccc1n2C1=CCCC(c2cccc(-n3c4ccccc4c4cc(C(C)(C)C)cc(C(C)(C)C)c43)c2)=C1. The molecule has 2 heteroatoms. The molecule has 0 saturated carbocycles. The average molecular weight is 711 g/mol. The van der Waals surface area contributed by atoms with Crippen LogP contribution in [0.15, 0.2) is 109 Å². The van der Waals surface area contributed by atoms with Crippen LogP contribution in [0.2, 0.25) is 0 Å². The number of allylic oxidation sites excluding steroid dienone is 4. The van der Waals surface area contributed by atoms with E-state index in [1.807, 2.05) is 0 Å².